The molecule has 2 aromatic carbocycles. The molecule has 1 aliphatic carbocycles. The number of halogens is 2. The molecule has 10 nitrogen and oxygen atoms in total. The van der Waals surface area contributed by atoms with Crippen LogP contribution in [0.25, 0.3) is 11.3 Å². The zero-order chi connectivity index (χ0) is 27.8. The number of carbonyl (C=O) groups excluding carboxylic acids is 3. The number of anilines is 1. The number of nitrogen functional groups attached to an aromatic ring is 1. The van der Waals surface area contributed by atoms with Crippen LogP contribution in [0, 0.1) is 11.7 Å². The molecular weight excluding hydrogens is 510 g/mol. The number of methoxy groups -OCH3 is 1. The van der Waals surface area contributed by atoms with E-state index in [-0.39, 0.29) is 47.6 Å². The molecular formula is C27H28F2N6O4. The highest BCUT2D eigenvalue weighted by molar-refractivity contribution is 6.03. The molecule has 12 heteroatoms. The summed E-state index contributed by atoms with van der Waals surface area (Å²) >= 11 is 0. The van der Waals surface area contributed by atoms with E-state index in [1.54, 1.807) is 29.2 Å². The Morgan fingerprint density at radius 1 is 1.18 bits per heavy atom. The summed E-state index contributed by atoms with van der Waals surface area (Å²) in [6, 6.07) is 10.4. The maximum Gasteiger partial charge on any atom is 0.255 e. The van der Waals surface area contributed by atoms with Crippen molar-refractivity contribution in [3.05, 3.63) is 65.0 Å². The third kappa shape index (κ3) is 5.14. The molecule has 2 aliphatic rings. The second-order valence-electron chi connectivity index (χ2n) is 9.73. The number of amides is 3. The van der Waals surface area contributed by atoms with Crippen molar-refractivity contribution in [2.24, 2.45) is 11.7 Å². The third-order valence-electron chi connectivity index (χ3n) is 7.13. The van der Waals surface area contributed by atoms with Gasteiger partial charge in [0.05, 0.1) is 24.6 Å². The molecule has 0 spiro atoms. The highest BCUT2D eigenvalue weighted by Gasteiger charge is 2.47. The van der Waals surface area contributed by atoms with E-state index in [9.17, 15) is 23.2 Å². The Bertz CT molecular complexity index is 1440. The van der Waals surface area contributed by atoms with Crippen molar-refractivity contribution < 1.29 is 27.9 Å². The van der Waals surface area contributed by atoms with Crippen molar-refractivity contribution in [3.63, 3.8) is 0 Å². The predicted molar refractivity (Wildman–Crippen MR) is 138 cm³/mol. The molecule has 0 radical (unpaired) electrons. The molecule has 2 fully saturated rings. The van der Waals surface area contributed by atoms with Crippen molar-refractivity contribution in [2.75, 3.05) is 25.9 Å². The Kier molecular flexibility index (Phi) is 6.94. The Morgan fingerprint density at radius 3 is 2.54 bits per heavy atom. The van der Waals surface area contributed by atoms with Crippen LogP contribution < -0.4 is 21.5 Å². The van der Waals surface area contributed by atoms with Crippen molar-refractivity contribution in [3.8, 4) is 17.0 Å². The van der Waals surface area contributed by atoms with Gasteiger partial charge in [-0.3, -0.25) is 14.4 Å². The minimum Gasteiger partial charge on any atom is -0.496 e. The molecule has 5 N–H and O–H groups in total. The van der Waals surface area contributed by atoms with E-state index >= 15 is 0 Å². The van der Waals surface area contributed by atoms with Gasteiger partial charge < -0.3 is 26.4 Å². The van der Waals surface area contributed by atoms with E-state index in [1.165, 1.54) is 23.9 Å². The summed E-state index contributed by atoms with van der Waals surface area (Å²) in [5.41, 5.74) is 13.7. The van der Waals surface area contributed by atoms with Crippen molar-refractivity contribution in [1.29, 1.82) is 0 Å². The number of alkyl halides is 1. The fourth-order valence-corrected chi connectivity index (χ4v) is 4.88. The molecule has 1 aliphatic heterocycles. The number of nitrogens with zero attached hydrogens (tertiary/aromatic N) is 3. The van der Waals surface area contributed by atoms with Gasteiger partial charge in [0, 0.05) is 25.2 Å². The highest BCUT2D eigenvalue weighted by atomic mass is 19.1. The molecule has 1 saturated heterocycles. The molecule has 204 valence electrons. The molecule has 39 heavy (non-hydrogen) atoms. The zero-order valence-corrected chi connectivity index (χ0v) is 21.2. The van der Waals surface area contributed by atoms with Crippen LogP contribution in [0.4, 0.5) is 14.6 Å². The van der Waals surface area contributed by atoms with E-state index in [0.717, 1.165) is 11.6 Å². The van der Waals surface area contributed by atoms with E-state index in [0.29, 0.717) is 30.8 Å². The molecule has 3 atom stereocenters. The number of hydrogen-bond acceptors (Lipinski definition) is 6. The first kappa shape index (κ1) is 26.1. The lowest BCUT2D eigenvalue weighted by Gasteiger charge is -2.17. The van der Waals surface area contributed by atoms with Crippen LogP contribution >= 0.6 is 0 Å². The lowest BCUT2D eigenvalue weighted by atomic mass is 10.0. The fraction of sp³-hybridized carbons (Fsp3) is 0.333. The molecule has 0 unspecified atom stereocenters. The van der Waals surface area contributed by atoms with Gasteiger partial charge in [0.25, 0.3) is 11.8 Å². The van der Waals surface area contributed by atoms with Crippen molar-refractivity contribution >= 4 is 23.5 Å². The van der Waals surface area contributed by atoms with Crippen LogP contribution in [0.3, 0.4) is 0 Å². The number of nitrogens with one attached hydrogen (secondary N) is 1. The molecule has 3 amide bonds. The largest absolute Gasteiger partial charge is 0.496 e. The smallest absolute Gasteiger partial charge is 0.255 e. The van der Waals surface area contributed by atoms with Crippen molar-refractivity contribution in [1.82, 2.24) is 20.0 Å². The van der Waals surface area contributed by atoms with E-state index < -0.39 is 29.7 Å². The fourth-order valence-electron chi connectivity index (χ4n) is 4.88. The van der Waals surface area contributed by atoms with E-state index in [2.05, 4.69) is 10.4 Å². The molecule has 1 aromatic heterocycles. The number of likely N-dealkylation sites (tertiary alicyclic amines) is 1. The predicted octanol–water partition coefficient (Wildman–Crippen LogP) is 2.44. The van der Waals surface area contributed by atoms with Crippen LogP contribution in [-0.2, 0) is 11.3 Å². The summed E-state index contributed by atoms with van der Waals surface area (Å²) in [6.45, 7) is 0.931. The van der Waals surface area contributed by atoms with Crippen molar-refractivity contribution in [2.45, 2.75) is 31.6 Å². The Hall–Kier alpha value is -4.48. The Labute approximate surface area is 222 Å². The van der Waals surface area contributed by atoms with Gasteiger partial charge in [0.2, 0.25) is 5.91 Å². The lowest BCUT2D eigenvalue weighted by Crippen LogP contribution is -2.31. The molecule has 3 aromatic rings. The first-order valence-corrected chi connectivity index (χ1v) is 12.5. The van der Waals surface area contributed by atoms with Gasteiger partial charge in [-0.25, -0.2) is 13.5 Å². The average Bonchev–Trinajstić information content (AvgIpc) is 3.30. The maximum atomic E-state index is 13.6. The summed E-state index contributed by atoms with van der Waals surface area (Å²) in [5.74, 6) is -2.19. The topological polar surface area (TPSA) is 146 Å². The van der Waals surface area contributed by atoms with E-state index in [1.807, 2.05) is 0 Å². The van der Waals surface area contributed by atoms with Gasteiger partial charge in [-0.05, 0) is 36.6 Å². The molecule has 1 saturated carbocycles. The first-order chi connectivity index (χ1) is 18.7. The molecule has 5 rings (SSSR count). The quantitative estimate of drug-likeness (QED) is 0.402. The molecule has 2 heterocycles. The Balaban J connectivity index is 1.31. The van der Waals surface area contributed by atoms with Gasteiger partial charge >= 0.3 is 0 Å². The maximum absolute atomic E-state index is 13.6. The van der Waals surface area contributed by atoms with Crippen LogP contribution in [-0.4, -0.2) is 58.8 Å². The van der Waals surface area contributed by atoms with Gasteiger partial charge in [-0.1, -0.05) is 24.3 Å². The number of nitrogens with two attached hydrogens (primary N) is 2. The summed E-state index contributed by atoms with van der Waals surface area (Å²) in [7, 11) is 1.40. The van der Waals surface area contributed by atoms with Crippen LogP contribution in [0.2, 0.25) is 0 Å². The second kappa shape index (κ2) is 10.4. The number of primary amides is 1. The van der Waals surface area contributed by atoms with E-state index in [4.69, 9.17) is 16.2 Å². The standard InChI is InChI=1S/C27H28F2N6O4/c1-39-21-7-6-16(28)10-19(21)26(37)32-12-14-2-4-15(5-3-14)23-22(25(31)36)24(30)35(33-23)17-8-9-34(13-17)27(38)18-11-20(18)29/h2-7,10,17-18,20H,8-9,11-13,30H2,1H3,(H2,31,36)(H,32,37)/t17-,18-,20-/m0/s1. The number of hydrogen-bond donors (Lipinski definition) is 3. The van der Waals surface area contributed by atoms with Gasteiger partial charge in [-0.2, -0.15) is 5.10 Å². The summed E-state index contributed by atoms with van der Waals surface area (Å²) in [4.78, 5) is 38.9. The number of rotatable bonds is 8. The minimum atomic E-state index is -1.07. The number of ether oxygens (including phenoxy) is 1. The monoisotopic (exact) mass is 538 g/mol. The van der Waals surface area contributed by atoms with Gasteiger partial charge in [0.15, 0.2) is 0 Å². The SMILES string of the molecule is COc1ccc(F)cc1C(=O)NCc1ccc(-c2nn([C@H]3CCN(C(=O)[C@H]4C[C@@H]4F)C3)c(N)c2C(N)=O)cc1. The number of benzene rings is 2. The summed E-state index contributed by atoms with van der Waals surface area (Å²) < 4.78 is 33.6. The first-order valence-electron chi connectivity index (χ1n) is 12.5. The number of carbonyl (C=O) groups is 3. The van der Waals surface area contributed by atoms with Crippen LogP contribution in [0.5, 0.6) is 5.75 Å². The summed E-state index contributed by atoms with van der Waals surface area (Å²) in [5, 5.41) is 7.31. The number of aromatic nitrogens is 2. The highest BCUT2D eigenvalue weighted by Crippen LogP contribution is 2.38. The molecule has 0 bridgehead atoms. The van der Waals surface area contributed by atoms with Gasteiger partial charge in [-0.15, -0.1) is 0 Å². The lowest BCUT2D eigenvalue weighted by molar-refractivity contribution is -0.132. The van der Waals surface area contributed by atoms with Gasteiger partial charge in [0.1, 0.15) is 34.8 Å². The Morgan fingerprint density at radius 2 is 1.90 bits per heavy atom. The average molecular weight is 539 g/mol. The third-order valence-corrected chi connectivity index (χ3v) is 7.13. The van der Waals surface area contributed by atoms with Crippen LogP contribution in [0.15, 0.2) is 42.5 Å². The summed E-state index contributed by atoms with van der Waals surface area (Å²) in [6.07, 6.45) is -0.244. The zero-order valence-electron chi connectivity index (χ0n) is 21.2. The second-order valence-corrected chi connectivity index (χ2v) is 9.73. The normalized spacial score (nSPS) is 20.1. The van der Waals surface area contributed by atoms with Crippen LogP contribution in [0.1, 0.15) is 45.2 Å². The minimum absolute atomic E-state index is 0.0741.